The average Bonchev–Trinajstić information content (AvgIpc) is 3.54. The highest BCUT2D eigenvalue weighted by atomic mass is 16.1. The number of hydrogen-bond donors (Lipinski definition) is 3. The van der Waals surface area contributed by atoms with Crippen LogP contribution in [0.4, 0.5) is 11.4 Å². The minimum absolute atomic E-state index is 0.159. The van der Waals surface area contributed by atoms with Crippen LogP contribution in [-0.4, -0.2) is 21.7 Å². The van der Waals surface area contributed by atoms with Crippen LogP contribution < -0.4 is 16.4 Å². The molecule has 5 rings (SSSR count). The van der Waals surface area contributed by atoms with Gasteiger partial charge in [0.25, 0.3) is 5.91 Å². The van der Waals surface area contributed by atoms with Crippen molar-refractivity contribution >= 4 is 17.3 Å². The van der Waals surface area contributed by atoms with E-state index in [4.69, 9.17) is 5.73 Å². The summed E-state index contributed by atoms with van der Waals surface area (Å²) in [5, 5.41) is 11.0. The van der Waals surface area contributed by atoms with Gasteiger partial charge in [0.2, 0.25) is 0 Å². The van der Waals surface area contributed by atoms with Gasteiger partial charge in [0, 0.05) is 42.4 Å². The van der Waals surface area contributed by atoms with Crippen LogP contribution >= 0.6 is 0 Å². The number of rotatable bonds is 10. The highest BCUT2D eigenvalue weighted by Gasteiger charge is 2.37. The van der Waals surface area contributed by atoms with Gasteiger partial charge in [-0.3, -0.25) is 9.48 Å². The number of aryl methyl sites for hydroxylation is 2. The van der Waals surface area contributed by atoms with E-state index in [-0.39, 0.29) is 5.91 Å². The van der Waals surface area contributed by atoms with Gasteiger partial charge in [-0.05, 0) is 54.7 Å². The fraction of sp³-hybridized carbons (Fsp3) is 0.241. The Balaban J connectivity index is 1.04. The van der Waals surface area contributed by atoms with Crippen LogP contribution in [0.2, 0.25) is 0 Å². The number of nitrogens with two attached hydrogens (primary N) is 1. The molecule has 3 aromatic carbocycles. The zero-order valence-electron chi connectivity index (χ0n) is 19.7. The fourth-order valence-corrected chi connectivity index (χ4v) is 4.43. The lowest BCUT2D eigenvalue weighted by Gasteiger charge is -2.08. The predicted molar refractivity (Wildman–Crippen MR) is 140 cm³/mol. The molecule has 1 amide bonds. The molecule has 2 unspecified atom stereocenters. The number of amides is 1. The molecule has 0 spiro atoms. The van der Waals surface area contributed by atoms with Gasteiger partial charge >= 0.3 is 0 Å². The molecule has 1 aliphatic rings. The standard InChI is InChI=1S/C29H31N5O/c30-26-10-4-5-11-27(26)33-29(35)24-14-12-21(13-15-24)7-6-16-34-20-22(19-32-34)18-31-28-17-25(28)23-8-2-1-3-9-23/h1-5,8-15,19-20,25,28,31H,6-7,16-18,30H2,(H,33,35). The number of aromatic nitrogens is 2. The summed E-state index contributed by atoms with van der Waals surface area (Å²) in [6.07, 6.45) is 7.22. The molecule has 1 aromatic heterocycles. The summed E-state index contributed by atoms with van der Waals surface area (Å²) in [5.41, 5.74) is 11.6. The van der Waals surface area contributed by atoms with Crippen molar-refractivity contribution in [2.75, 3.05) is 11.1 Å². The number of para-hydroxylation sites is 2. The lowest BCUT2D eigenvalue weighted by atomic mass is 10.1. The Morgan fingerprint density at radius 2 is 1.74 bits per heavy atom. The third-order valence-electron chi connectivity index (χ3n) is 6.55. The van der Waals surface area contributed by atoms with Crippen LogP contribution in [0.5, 0.6) is 0 Å². The van der Waals surface area contributed by atoms with E-state index in [0.717, 1.165) is 25.9 Å². The molecule has 178 valence electrons. The van der Waals surface area contributed by atoms with Crippen molar-refractivity contribution < 1.29 is 4.79 Å². The first-order valence-electron chi connectivity index (χ1n) is 12.2. The first-order valence-corrected chi connectivity index (χ1v) is 12.2. The van der Waals surface area contributed by atoms with Crippen LogP contribution in [0.15, 0.2) is 91.3 Å². The highest BCUT2D eigenvalue weighted by Crippen LogP contribution is 2.40. The molecule has 1 aliphatic carbocycles. The summed E-state index contributed by atoms with van der Waals surface area (Å²) in [4.78, 5) is 12.5. The predicted octanol–water partition coefficient (Wildman–Crippen LogP) is 5.00. The molecule has 2 atom stereocenters. The maximum atomic E-state index is 12.5. The Labute approximate surface area is 206 Å². The van der Waals surface area contributed by atoms with E-state index in [1.807, 2.05) is 47.3 Å². The van der Waals surface area contributed by atoms with Gasteiger partial charge in [0.05, 0.1) is 17.6 Å². The molecule has 0 saturated heterocycles. The molecule has 1 heterocycles. The zero-order valence-corrected chi connectivity index (χ0v) is 19.7. The maximum Gasteiger partial charge on any atom is 0.255 e. The lowest BCUT2D eigenvalue weighted by Crippen LogP contribution is -2.16. The molecule has 1 fully saturated rings. The smallest absolute Gasteiger partial charge is 0.255 e. The van der Waals surface area contributed by atoms with Crippen molar-refractivity contribution in [2.24, 2.45) is 0 Å². The first kappa shape index (κ1) is 22.9. The first-order chi connectivity index (χ1) is 17.2. The Bertz CT molecular complexity index is 1270. The summed E-state index contributed by atoms with van der Waals surface area (Å²) < 4.78 is 2.02. The molecule has 0 radical (unpaired) electrons. The van der Waals surface area contributed by atoms with Crippen molar-refractivity contribution in [3.8, 4) is 0 Å². The van der Waals surface area contributed by atoms with Crippen molar-refractivity contribution in [1.82, 2.24) is 15.1 Å². The molecular formula is C29H31N5O. The van der Waals surface area contributed by atoms with Crippen LogP contribution in [0.25, 0.3) is 0 Å². The lowest BCUT2D eigenvalue weighted by molar-refractivity contribution is 0.102. The van der Waals surface area contributed by atoms with E-state index in [9.17, 15) is 4.79 Å². The number of nitrogens with one attached hydrogen (secondary N) is 2. The topological polar surface area (TPSA) is 85.0 Å². The van der Waals surface area contributed by atoms with Gasteiger partial charge < -0.3 is 16.4 Å². The summed E-state index contributed by atoms with van der Waals surface area (Å²) >= 11 is 0. The Morgan fingerprint density at radius 3 is 2.54 bits per heavy atom. The van der Waals surface area contributed by atoms with Gasteiger partial charge in [-0.25, -0.2) is 0 Å². The second-order valence-electron chi connectivity index (χ2n) is 9.19. The van der Waals surface area contributed by atoms with E-state index in [1.54, 1.807) is 12.1 Å². The van der Waals surface area contributed by atoms with Gasteiger partial charge in [0.1, 0.15) is 0 Å². The Morgan fingerprint density at radius 1 is 0.971 bits per heavy atom. The van der Waals surface area contributed by atoms with E-state index in [0.29, 0.717) is 28.9 Å². The van der Waals surface area contributed by atoms with E-state index < -0.39 is 0 Å². The highest BCUT2D eigenvalue weighted by molar-refractivity contribution is 6.05. The fourth-order valence-electron chi connectivity index (χ4n) is 4.43. The largest absolute Gasteiger partial charge is 0.397 e. The molecule has 4 aromatic rings. The van der Waals surface area contributed by atoms with E-state index in [2.05, 4.69) is 52.3 Å². The van der Waals surface area contributed by atoms with Crippen molar-refractivity contribution in [3.63, 3.8) is 0 Å². The number of nitrogens with zero attached hydrogens (tertiary/aromatic N) is 2. The molecule has 0 aliphatic heterocycles. The van der Waals surface area contributed by atoms with Crippen LogP contribution in [0.3, 0.4) is 0 Å². The molecule has 35 heavy (non-hydrogen) atoms. The second-order valence-corrected chi connectivity index (χ2v) is 9.19. The van der Waals surface area contributed by atoms with E-state index in [1.165, 1.54) is 23.1 Å². The normalized spacial score (nSPS) is 16.7. The summed E-state index contributed by atoms with van der Waals surface area (Å²) in [6.45, 7) is 1.72. The molecule has 6 nitrogen and oxygen atoms in total. The quantitative estimate of drug-likeness (QED) is 0.288. The number of hydrogen-bond acceptors (Lipinski definition) is 4. The average molecular weight is 466 g/mol. The third-order valence-corrected chi connectivity index (χ3v) is 6.55. The molecule has 1 saturated carbocycles. The van der Waals surface area contributed by atoms with Crippen LogP contribution in [0, 0.1) is 0 Å². The van der Waals surface area contributed by atoms with Crippen molar-refractivity contribution in [1.29, 1.82) is 0 Å². The van der Waals surface area contributed by atoms with Gasteiger partial charge in [-0.1, -0.05) is 54.6 Å². The number of carbonyl (C=O) groups is 1. The number of nitrogen functional groups attached to an aromatic ring is 1. The molecule has 0 bridgehead atoms. The number of carbonyl (C=O) groups excluding carboxylic acids is 1. The summed E-state index contributed by atoms with van der Waals surface area (Å²) in [7, 11) is 0. The molecule has 6 heteroatoms. The molecular weight excluding hydrogens is 434 g/mol. The Hall–Kier alpha value is -3.90. The molecule has 4 N–H and O–H groups in total. The van der Waals surface area contributed by atoms with Crippen molar-refractivity contribution in [2.45, 2.75) is 44.3 Å². The van der Waals surface area contributed by atoms with Crippen LogP contribution in [0.1, 0.15) is 45.8 Å². The van der Waals surface area contributed by atoms with Gasteiger partial charge in [-0.2, -0.15) is 5.10 Å². The SMILES string of the molecule is Nc1ccccc1NC(=O)c1ccc(CCCn2cc(CNC3CC3c3ccccc3)cn2)cc1. The Kier molecular flexibility index (Phi) is 6.91. The zero-order chi connectivity index (χ0) is 24.0. The minimum Gasteiger partial charge on any atom is -0.397 e. The second kappa shape index (κ2) is 10.6. The summed E-state index contributed by atoms with van der Waals surface area (Å²) in [6, 6.07) is 26.3. The minimum atomic E-state index is -0.159. The van der Waals surface area contributed by atoms with Gasteiger partial charge in [-0.15, -0.1) is 0 Å². The summed E-state index contributed by atoms with van der Waals surface area (Å²) in [5.74, 6) is 0.480. The van der Waals surface area contributed by atoms with Gasteiger partial charge in [0.15, 0.2) is 0 Å². The number of benzene rings is 3. The van der Waals surface area contributed by atoms with E-state index >= 15 is 0 Å². The third kappa shape index (κ3) is 5.97. The van der Waals surface area contributed by atoms with Crippen LogP contribution in [-0.2, 0) is 19.5 Å². The number of anilines is 2. The van der Waals surface area contributed by atoms with Crippen molar-refractivity contribution in [3.05, 3.63) is 114 Å². The monoisotopic (exact) mass is 465 g/mol. The maximum absolute atomic E-state index is 12.5.